The zero-order valence-electron chi connectivity index (χ0n) is 11.6. The number of hydrogen-bond donors (Lipinski definition) is 1. The fourth-order valence-corrected chi connectivity index (χ4v) is 2.60. The minimum Gasteiger partial charge on any atom is -0.312 e. The summed E-state index contributed by atoms with van der Waals surface area (Å²) < 4.78 is 13.8. The van der Waals surface area contributed by atoms with E-state index in [9.17, 15) is 4.39 Å². The van der Waals surface area contributed by atoms with Gasteiger partial charge in [0.2, 0.25) is 0 Å². The predicted molar refractivity (Wildman–Crippen MR) is 78.1 cm³/mol. The van der Waals surface area contributed by atoms with Crippen molar-refractivity contribution in [3.63, 3.8) is 0 Å². The second kappa shape index (κ2) is 6.64. The molecule has 0 aliphatic rings. The summed E-state index contributed by atoms with van der Waals surface area (Å²) >= 11 is 3.38. The Morgan fingerprint density at radius 2 is 2.00 bits per heavy atom. The molecule has 102 valence electrons. The smallest absolute Gasteiger partial charge is 0.124 e. The van der Waals surface area contributed by atoms with Crippen LogP contribution in [0.25, 0.3) is 0 Å². The van der Waals surface area contributed by atoms with Crippen LogP contribution in [0.15, 0.2) is 22.7 Å². The molecule has 0 fully saturated rings. The lowest BCUT2D eigenvalue weighted by Crippen LogP contribution is -2.37. The van der Waals surface area contributed by atoms with E-state index in [0.717, 1.165) is 29.7 Å². The molecule has 1 aromatic carbocycles. The molecule has 0 spiro atoms. The highest BCUT2D eigenvalue weighted by Crippen LogP contribution is 2.19. The van der Waals surface area contributed by atoms with Crippen molar-refractivity contribution in [2.75, 3.05) is 27.2 Å². The molecule has 4 heteroatoms. The Labute approximate surface area is 118 Å². The minimum absolute atomic E-state index is 0.210. The van der Waals surface area contributed by atoms with Gasteiger partial charge in [0.25, 0.3) is 0 Å². The number of benzene rings is 1. The van der Waals surface area contributed by atoms with Crippen LogP contribution in [-0.4, -0.2) is 32.1 Å². The van der Waals surface area contributed by atoms with Gasteiger partial charge in [0.1, 0.15) is 5.82 Å². The minimum atomic E-state index is -0.210. The third-order valence-electron chi connectivity index (χ3n) is 2.68. The van der Waals surface area contributed by atoms with Crippen molar-refractivity contribution in [3.05, 3.63) is 34.1 Å². The van der Waals surface area contributed by atoms with Crippen LogP contribution in [0.4, 0.5) is 4.39 Å². The van der Waals surface area contributed by atoms with Crippen LogP contribution in [0.1, 0.15) is 19.4 Å². The quantitative estimate of drug-likeness (QED) is 0.866. The first kappa shape index (κ1) is 15.6. The Kier molecular flexibility index (Phi) is 5.76. The van der Waals surface area contributed by atoms with E-state index in [0.29, 0.717) is 0 Å². The van der Waals surface area contributed by atoms with Gasteiger partial charge in [-0.05, 0) is 37.2 Å². The van der Waals surface area contributed by atoms with E-state index in [1.807, 2.05) is 6.07 Å². The average Bonchev–Trinajstić information content (AvgIpc) is 2.19. The molecule has 18 heavy (non-hydrogen) atoms. The van der Waals surface area contributed by atoms with E-state index in [1.165, 1.54) is 12.1 Å². The van der Waals surface area contributed by atoms with E-state index in [4.69, 9.17) is 0 Å². The molecule has 0 unspecified atom stereocenters. The molecule has 0 radical (unpaired) electrons. The average molecular weight is 317 g/mol. The van der Waals surface area contributed by atoms with Gasteiger partial charge >= 0.3 is 0 Å². The Morgan fingerprint density at radius 3 is 2.56 bits per heavy atom. The first-order chi connectivity index (χ1) is 8.30. The van der Waals surface area contributed by atoms with Crippen LogP contribution in [0.5, 0.6) is 0 Å². The molecule has 0 aliphatic heterocycles. The van der Waals surface area contributed by atoms with Crippen LogP contribution in [0, 0.1) is 11.2 Å². The van der Waals surface area contributed by atoms with Gasteiger partial charge in [-0.3, -0.25) is 0 Å². The number of rotatable bonds is 6. The van der Waals surface area contributed by atoms with Gasteiger partial charge in [-0.25, -0.2) is 4.39 Å². The van der Waals surface area contributed by atoms with E-state index >= 15 is 0 Å². The molecule has 1 aromatic rings. The highest BCUT2D eigenvalue weighted by Gasteiger charge is 2.18. The van der Waals surface area contributed by atoms with Crippen molar-refractivity contribution in [2.24, 2.45) is 5.41 Å². The van der Waals surface area contributed by atoms with Gasteiger partial charge in [-0.15, -0.1) is 0 Å². The van der Waals surface area contributed by atoms with Gasteiger partial charge in [0.05, 0.1) is 0 Å². The third kappa shape index (κ3) is 5.46. The van der Waals surface area contributed by atoms with Gasteiger partial charge in [-0.2, -0.15) is 0 Å². The van der Waals surface area contributed by atoms with Crippen molar-refractivity contribution in [1.82, 2.24) is 10.2 Å². The Balaban J connectivity index is 2.46. The van der Waals surface area contributed by atoms with Gasteiger partial charge in [0, 0.05) is 24.1 Å². The fraction of sp³-hybridized carbons (Fsp3) is 0.571. The van der Waals surface area contributed by atoms with Crippen molar-refractivity contribution < 1.29 is 4.39 Å². The van der Waals surface area contributed by atoms with Gasteiger partial charge in [0.15, 0.2) is 0 Å². The van der Waals surface area contributed by atoms with E-state index in [1.54, 1.807) is 0 Å². The van der Waals surface area contributed by atoms with Crippen molar-refractivity contribution >= 4 is 15.9 Å². The first-order valence-electron chi connectivity index (χ1n) is 6.09. The summed E-state index contributed by atoms with van der Waals surface area (Å²) in [5, 5.41) is 3.43. The first-order valence-corrected chi connectivity index (χ1v) is 6.89. The van der Waals surface area contributed by atoms with Gasteiger partial charge < -0.3 is 10.2 Å². The van der Waals surface area contributed by atoms with Crippen LogP contribution >= 0.6 is 15.9 Å². The van der Waals surface area contributed by atoms with Crippen LogP contribution in [0.2, 0.25) is 0 Å². The van der Waals surface area contributed by atoms with Gasteiger partial charge in [-0.1, -0.05) is 35.8 Å². The number of nitrogens with one attached hydrogen (secondary N) is 1. The van der Waals surface area contributed by atoms with Crippen LogP contribution < -0.4 is 5.32 Å². The zero-order valence-corrected chi connectivity index (χ0v) is 13.1. The SMILES string of the molecule is CN(C)CC(C)(C)CNCc1ccc(F)cc1Br. The second-order valence-electron chi connectivity index (χ2n) is 5.74. The molecule has 0 heterocycles. The zero-order chi connectivity index (χ0) is 13.8. The molecular weight excluding hydrogens is 295 g/mol. The topological polar surface area (TPSA) is 15.3 Å². The third-order valence-corrected chi connectivity index (χ3v) is 3.42. The molecule has 1 N–H and O–H groups in total. The lowest BCUT2D eigenvalue weighted by molar-refractivity contribution is 0.232. The lowest BCUT2D eigenvalue weighted by Gasteiger charge is -2.28. The summed E-state index contributed by atoms with van der Waals surface area (Å²) in [7, 11) is 4.16. The fourth-order valence-electron chi connectivity index (χ4n) is 2.11. The lowest BCUT2D eigenvalue weighted by atomic mass is 9.93. The molecule has 0 saturated heterocycles. The summed E-state index contributed by atoms with van der Waals surface area (Å²) in [4.78, 5) is 2.19. The Bertz CT molecular complexity index is 391. The molecule has 0 atom stereocenters. The largest absolute Gasteiger partial charge is 0.312 e. The molecule has 0 aliphatic carbocycles. The van der Waals surface area contributed by atoms with Crippen LogP contribution in [0.3, 0.4) is 0 Å². The van der Waals surface area contributed by atoms with Crippen molar-refractivity contribution in [2.45, 2.75) is 20.4 Å². The molecule has 0 bridgehead atoms. The number of nitrogens with zero attached hydrogens (tertiary/aromatic N) is 1. The molecule has 1 rings (SSSR count). The molecule has 0 aromatic heterocycles. The summed E-state index contributed by atoms with van der Waals surface area (Å²) in [5.74, 6) is -0.210. The van der Waals surface area contributed by atoms with E-state index in [-0.39, 0.29) is 11.2 Å². The van der Waals surface area contributed by atoms with E-state index in [2.05, 4.69) is 54.1 Å². The second-order valence-corrected chi connectivity index (χ2v) is 6.60. The summed E-state index contributed by atoms with van der Waals surface area (Å²) in [6.07, 6.45) is 0. The molecular formula is C14H22BrFN2. The van der Waals surface area contributed by atoms with E-state index < -0.39 is 0 Å². The van der Waals surface area contributed by atoms with Crippen molar-refractivity contribution in [3.8, 4) is 0 Å². The molecule has 0 amide bonds. The Hall–Kier alpha value is -0.450. The predicted octanol–water partition coefficient (Wildman–Crippen LogP) is 3.27. The molecule has 0 saturated carbocycles. The Morgan fingerprint density at radius 1 is 1.33 bits per heavy atom. The summed E-state index contributed by atoms with van der Waals surface area (Å²) in [6.45, 7) is 7.18. The monoisotopic (exact) mass is 316 g/mol. The summed E-state index contributed by atoms with van der Waals surface area (Å²) in [5.41, 5.74) is 1.30. The molecule has 2 nitrogen and oxygen atoms in total. The standard InChI is InChI=1S/C14H22BrFN2/c1-14(2,10-18(3)4)9-17-8-11-5-6-12(16)7-13(11)15/h5-7,17H,8-10H2,1-4H3. The van der Waals surface area contributed by atoms with Crippen LogP contribution in [-0.2, 0) is 6.54 Å². The normalized spacial score (nSPS) is 12.2. The number of hydrogen-bond acceptors (Lipinski definition) is 2. The summed E-state index contributed by atoms with van der Waals surface area (Å²) in [6, 6.07) is 4.81. The maximum absolute atomic E-state index is 12.9. The maximum atomic E-state index is 12.9. The maximum Gasteiger partial charge on any atom is 0.124 e. The highest BCUT2D eigenvalue weighted by molar-refractivity contribution is 9.10. The van der Waals surface area contributed by atoms with Crippen molar-refractivity contribution in [1.29, 1.82) is 0 Å². The highest BCUT2D eigenvalue weighted by atomic mass is 79.9. The number of halogens is 2.